The van der Waals surface area contributed by atoms with E-state index in [2.05, 4.69) is 21.6 Å². The summed E-state index contributed by atoms with van der Waals surface area (Å²) in [6.07, 6.45) is 2.66. The number of phenols is 1. The largest absolute Gasteiger partial charge is 0.507 e. The van der Waals surface area contributed by atoms with Crippen LogP contribution in [-0.2, 0) is 9.53 Å². The van der Waals surface area contributed by atoms with Gasteiger partial charge in [0.25, 0.3) is 5.91 Å². The lowest BCUT2D eigenvalue weighted by Crippen LogP contribution is -2.32. The number of H-pyrrole nitrogens is 1. The van der Waals surface area contributed by atoms with E-state index in [0.717, 1.165) is 12.1 Å². The van der Waals surface area contributed by atoms with Crippen molar-refractivity contribution in [1.29, 1.82) is 5.26 Å². The SMILES string of the molecule is COc1cc(O)c(C=O)c(OCC(=O)Nc2cc([C@H]3CC[C@@H](OC(=O)N4CC[C@H](C#N)C4)C3)[nH]n2)c1. The Morgan fingerprint density at radius 3 is 2.89 bits per heavy atom. The van der Waals surface area contributed by atoms with Crippen LogP contribution < -0.4 is 14.8 Å². The predicted molar refractivity (Wildman–Crippen MR) is 125 cm³/mol. The number of aromatic hydroxyl groups is 1. The van der Waals surface area contributed by atoms with Crippen molar-refractivity contribution in [3.63, 3.8) is 0 Å². The normalized spacial score (nSPS) is 21.0. The fourth-order valence-corrected chi connectivity index (χ4v) is 4.45. The first-order valence-electron chi connectivity index (χ1n) is 11.6. The number of aromatic nitrogens is 2. The molecule has 1 aliphatic heterocycles. The molecule has 2 heterocycles. The molecule has 1 aromatic heterocycles. The lowest BCUT2D eigenvalue weighted by atomic mass is 10.0. The van der Waals surface area contributed by atoms with Crippen LogP contribution in [0.3, 0.4) is 0 Å². The molecule has 12 heteroatoms. The zero-order chi connectivity index (χ0) is 25.7. The van der Waals surface area contributed by atoms with Crippen molar-refractivity contribution in [2.24, 2.45) is 5.92 Å². The molecule has 4 rings (SSSR count). The standard InChI is InChI=1S/C24H27N5O7/c1-34-17-7-20(31)18(12-30)21(8-17)35-13-23(32)26-22-9-19(27-28-22)15-2-3-16(6-15)36-24(33)29-5-4-14(10-25)11-29/h7-9,12,14-16,31H,2-6,11,13H2,1H3,(H2,26,27,28,32)/t14-,15+,16-/m1/s1. The second kappa shape index (κ2) is 11.0. The molecule has 1 saturated carbocycles. The zero-order valence-electron chi connectivity index (χ0n) is 19.7. The predicted octanol–water partition coefficient (Wildman–Crippen LogP) is 2.57. The summed E-state index contributed by atoms with van der Waals surface area (Å²) in [5, 5.41) is 28.6. The number of phenolic OH excluding ortho intramolecular Hbond substituents is 1. The molecule has 3 atom stereocenters. The van der Waals surface area contributed by atoms with Gasteiger partial charge in [0, 0.05) is 42.9 Å². The van der Waals surface area contributed by atoms with E-state index in [0.29, 0.717) is 44.5 Å². The van der Waals surface area contributed by atoms with Crippen molar-refractivity contribution in [2.45, 2.75) is 37.7 Å². The number of aldehydes is 1. The first-order chi connectivity index (χ1) is 17.4. The number of carbonyl (C=O) groups is 3. The van der Waals surface area contributed by atoms with Gasteiger partial charge >= 0.3 is 6.09 Å². The monoisotopic (exact) mass is 497 g/mol. The van der Waals surface area contributed by atoms with E-state index in [1.54, 1.807) is 11.0 Å². The number of hydrogen-bond donors (Lipinski definition) is 3. The van der Waals surface area contributed by atoms with Crippen molar-refractivity contribution < 1.29 is 33.7 Å². The Balaban J connectivity index is 1.26. The summed E-state index contributed by atoms with van der Waals surface area (Å²) < 4.78 is 16.1. The van der Waals surface area contributed by atoms with Gasteiger partial charge in [-0.2, -0.15) is 10.4 Å². The number of methoxy groups -OCH3 is 1. The minimum atomic E-state index is -0.508. The quantitative estimate of drug-likeness (QED) is 0.464. The van der Waals surface area contributed by atoms with Crippen molar-refractivity contribution in [1.82, 2.24) is 15.1 Å². The lowest BCUT2D eigenvalue weighted by Gasteiger charge is -2.19. The Kier molecular flexibility index (Phi) is 7.58. The highest BCUT2D eigenvalue weighted by Gasteiger charge is 2.33. The molecule has 2 amide bonds. The summed E-state index contributed by atoms with van der Waals surface area (Å²) in [6.45, 7) is 0.532. The minimum absolute atomic E-state index is 0.0170. The van der Waals surface area contributed by atoms with Gasteiger partial charge in [0.15, 0.2) is 18.7 Å². The molecule has 2 aliphatic rings. The number of anilines is 1. The number of benzene rings is 1. The van der Waals surface area contributed by atoms with Crippen molar-refractivity contribution in [3.05, 3.63) is 29.5 Å². The summed E-state index contributed by atoms with van der Waals surface area (Å²) in [4.78, 5) is 37.5. The molecular formula is C24H27N5O7. The number of hydrogen-bond acceptors (Lipinski definition) is 9. The van der Waals surface area contributed by atoms with Gasteiger partial charge in [0.05, 0.1) is 24.7 Å². The maximum absolute atomic E-state index is 12.4. The zero-order valence-corrected chi connectivity index (χ0v) is 19.7. The molecule has 0 radical (unpaired) electrons. The molecule has 0 bridgehead atoms. The molecule has 0 spiro atoms. The molecule has 2 fully saturated rings. The van der Waals surface area contributed by atoms with Crippen molar-refractivity contribution in [2.75, 3.05) is 32.1 Å². The molecule has 1 aromatic carbocycles. The van der Waals surface area contributed by atoms with E-state index in [4.69, 9.17) is 19.5 Å². The third-order valence-electron chi connectivity index (χ3n) is 6.39. The number of nitrogens with zero attached hydrogens (tertiary/aromatic N) is 3. The summed E-state index contributed by atoms with van der Waals surface area (Å²) in [5.74, 6) is -0.259. The second-order valence-corrected chi connectivity index (χ2v) is 8.80. The lowest BCUT2D eigenvalue weighted by molar-refractivity contribution is -0.118. The molecule has 12 nitrogen and oxygen atoms in total. The number of likely N-dealkylation sites (tertiary alicyclic amines) is 1. The van der Waals surface area contributed by atoms with E-state index in [9.17, 15) is 19.5 Å². The van der Waals surface area contributed by atoms with Crippen molar-refractivity contribution >= 4 is 24.1 Å². The van der Waals surface area contributed by atoms with Crippen LogP contribution in [0.15, 0.2) is 18.2 Å². The first-order valence-corrected chi connectivity index (χ1v) is 11.6. The molecule has 36 heavy (non-hydrogen) atoms. The molecule has 2 aromatic rings. The molecular weight excluding hydrogens is 470 g/mol. The van der Waals surface area contributed by atoms with Gasteiger partial charge in [-0.15, -0.1) is 0 Å². The maximum Gasteiger partial charge on any atom is 0.410 e. The van der Waals surface area contributed by atoms with Crippen LogP contribution in [-0.4, -0.2) is 71.4 Å². The molecule has 3 N–H and O–H groups in total. The number of nitriles is 1. The van der Waals surface area contributed by atoms with Crippen LogP contribution >= 0.6 is 0 Å². The van der Waals surface area contributed by atoms with Crippen LogP contribution in [0.1, 0.15) is 47.7 Å². The Hall–Kier alpha value is -4.27. The first kappa shape index (κ1) is 24.8. The Morgan fingerprint density at radius 1 is 1.33 bits per heavy atom. The van der Waals surface area contributed by atoms with Gasteiger partial charge in [-0.3, -0.25) is 14.7 Å². The highest BCUT2D eigenvalue weighted by atomic mass is 16.6. The van der Waals surface area contributed by atoms with Gasteiger partial charge in [-0.25, -0.2) is 4.79 Å². The summed E-state index contributed by atoms with van der Waals surface area (Å²) in [7, 11) is 1.40. The van der Waals surface area contributed by atoms with Gasteiger partial charge in [0.2, 0.25) is 0 Å². The molecule has 1 saturated heterocycles. The van der Waals surface area contributed by atoms with Crippen LogP contribution in [0, 0.1) is 17.2 Å². The molecule has 1 aliphatic carbocycles. The van der Waals surface area contributed by atoms with Crippen molar-refractivity contribution in [3.8, 4) is 23.3 Å². The number of aromatic amines is 1. The Bertz CT molecular complexity index is 1170. The second-order valence-electron chi connectivity index (χ2n) is 8.80. The van der Waals surface area contributed by atoms with Crippen LogP contribution in [0.25, 0.3) is 0 Å². The number of rotatable bonds is 8. The van der Waals surface area contributed by atoms with E-state index in [-0.39, 0.29) is 46.8 Å². The van der Waals surface area contributed by atoms with Gasteiger partial charge < -0.3 is 29.5 Å². The number of ether oxygens (including phenoxy) is 3. The van der Waals surface area contributed by atoms with Gasteiger partial charge in [-0.05, 0) is 25.7 Å². The average Bonchev–Trinajstić information content (AvgIpc) is 3.63. The highest BCUT2D eigenvalue weighted by Crippen LogP contribution is 2.36. The number of carbonyl (C=O) groups excluding carboxylic acids is 3. The third kappa shape index (κ3) is 5.68. The highest BCUT2D eigenvalue weighted by molar-refractivity contribution is 5.91. The fourth-order valence-electron chi connectivity index (χ4n) is 4.45. The molecule has 190 valence electrons. The van der Waals surface area contributed by atoms with E-state index >= 15 is 0 Å². The summed E-state index contributed by atoms with van der Waals surface area (Å²) in [5.41, 5.74) is 0.730. The van der Waals surface area contributed by atoms with Gasteiger partial charge in [-0.1, -0.05) is 0 Å². The maximum atomic E-state index is 12.4. The summed E-state index contributed by atoms with van der Waals surface area (Å²) >= 11 is 0. The van der Waals surface area contributed by atoms with E-state index in [1.807, 2.05) is 0 Å². The average molecular weight is 498 g/mol. The topological polar surface area (TPSA) is 167 Å². The van der Waals surface area contributed by atoms with Crippen LogP contribution in [0.4, 0.5) is 10.6 Å². The number of amides is 2. The summed E-state index contributed by atoms with van der Waals surface area (Å²) in [6, 6.07) is 6.58. The Morgan fingerprint density at radius 2 is 2.17 bits per heavy atom. The van der Waals surface area contributed by atoms with Crippen LogP contribution in [0.2, 0.25) is 0 Å². The number of nitrogens with one attached hydrogen (secondary N) is 2. The fraction of sp³-hybridized carbons (Fsp3) is 0.458. The molecule has 0 unspecified atom stereocenters. The minimum Gasteiger partial charge on any atom is -0.507 e. The van der Waals surface area contributed by atoms with Crippen LogP contribution in [0.5, 0.6) is 17.2 Å². The van der Waals surface area contributed by atoms with E-state index in [1.165, 1.54) is 19.2 Å². The Labute approximate surface area is 207 Å². The smallest absolute Gasteiger partial charge is 0.410 e. The third-order valence-corrected chi connectivity index (χ3v) is 6.39. The van der Waals surface area contributed by atoms with Gasteiger partial charge in [0.1, 0.15) is 23.4 Å². The van der Waals surface area contributed by atoms with E-state index < -0.39 is 12.5 Å².